The van der Waals surface area contributed by atoms with Gasteiger partial charge in [0.15, 0.2) is 11.6 Å². The molecule has 0 spiro atoms. The number of halogens is 1. The van der Waals surface area contributed by atoms with Crippen LogP contribution in [-0.4, -0.2) is 99.5 Å². The molecule has 5 aromatic rings. The number of primary amides is 2. The van der Waals surface area contributed by atoms with Crippen LogP contribution < -0.4 is 20.9 Å². The van der Waals surface area contributed by atoms with Gasteiger partial charge in [-0.3, -0.25) is 28.5 Å². The monoisotopic (exact) mass is 832 g/mol. The third-order valence-electron chi connectivity index (χ3n) is 10.4. The first-order valence-electron chi connectivity index (χ1n) is 19.8. The first-order valence-corrected chi connectivity index (χ1v) is 19.8. The number of carbonyl (C=O) groups is 4. The van der Waals surface area contributed by atoms with E-state index in [0.717, 1.165) is 31.2 Å². The number of amides is 4. The highest BCUT2D eigenvalue weighted by atomic mass is 19.1. The third kappa shape index (κ3) is 10.8. The molecule has 2 aliphatic rings. The lowest BCUT2D eigenvalue weighted by Gasteiger charge is -2.32. The van der Waals surface area contributed by atoms with Gasteiger partial charge in [0, 0.05) is 56.8 Å². The van der Waals surface area contributed by atoms with Gasteiger partial charge in [-0.05, 0) is 98.5 Å². The molecule has 2 atom stereocenters. The van der Waals surface area contributed by atoms with Crippen molar-refractivity contribution in [3.63, 3.8) is 0 Å². The standard InChI is InChI=1S/C24H23FN4O3.C21H26N4O4/c1-2-22(30)28-13-5-6-17(14-28)29-15-19(24(26)31)23(27-29)16-9-11-18(12-10-16)32-21-8-4-3-7-20(21)25;1-3-19(26)24-10-4-5-16(13-24)25-14-18(21(22)27)20(23-25)15-6-8-17(9-7-15)29-12-11-28-2/h2-4,7-12,15,17H,1,5-6,13-14H2,(H2,26,31);3,6-9,14,16H,1,4-5,10-13H2,2H3,(H2,22,27)/t17-;16-/m11/s1. The summed E-state index contributed by atoms with van der Waals surface area (Å²) < 4.78 is 33.4. The number of likely N-dealkylation sites (tertiary alicyclic amines) is 2. The van der Waals surface area contributed by atoms with Gasteiger partial charge in [0.1, 0.15) is 29.5 Å². The number of ether oxygens (including phenoxy) is 3. The van der Waals surface area contributed by atoms with Gasteiger partial charge in [-0.1, -0.05) is 25.3 Å². The maximum Gasteiger partial charge on any atom is 0.252 e. The average Bonchev–Trinajstić information content (AvgIpc) is 3.95. The first kappa shape index (κ1) is 43.5. The van der Waals surface area contributed by atoms with Gasteiger partial charge in [-0.2, -0.15) is 10.2 Å². The molecule has 61 heavy (non-hydrogen) atoms. The van der Waals surface area contributed by atoms with E-state index in [1.165, 1.54) is 18.2 Å². The fraction of sp³-hybridized carbons (Fsp3) is 0.289. The number of hydrogen-bond donors (Lipinski definition) is 2. The number of nitrogens with zero attached hydrogens (tertiary/aromatic N) is 6. The fourth-order valence-corrected chi connectivity index (χ4v) is 7.23. The summed E-state index contributed by atoms with van der Waals surface area (Å²) in [6, 6.07) is 20.2. The molecule has 7 rings (SSSR count). The molecule has 318 valence electrons. The summed E-state index contributed by atoms with van der Waals surface area (Å²) in [6.07, 6.45) is 9.31. The summed E-state index contributed by atoms with van der Waals surface area (Å²) in [6.45, 7) is 10.4. The molecular formula is C45H49FN8O7. The first-order chi connectivity index (χ1) is 29.5. The second-order valence-electron chi connectivity index (χ2n) is 14.5. The van der Waals surface area contributed by atoms with Crippen LogP contribution in [0.25, 0.3) is 22.5 Å². The average molecular weight is 833 g/mol. The smallest absolute Gasteiger partial charge is 0.252 e. The number of para-hydroxylation sites is 1. The lowest BCUT2D eigenvalue weighted by atomic mass is 10.1. The molecule has 0 unspecified atom stereocenters. The molecule has 2 saturated heterocycles. The quantitative estimate of drug-likeness (QED) is 0.101. The number of methoxy groups -OCH3 is 1. The van der Waals surface area contributed by atoms with Crippen molar-refractivity contribution < 1.29 is 37.8 Å². The van der Waals surface area contributed by atoms with Crippen LogP contribution in [0, 0.1) is 5.82 Å². The number of nitrogens with two attached hydrogens (primary N) is 2. The predicted octanol–water partition coefficient (Wildman–Crippen LogP) is 5.95. The minimum atomic E-state index is -0.590. The lowest BCUT2D eigenvalue weighted by Crippen LogP contribution is -2.40. The number of carbonyl (C=O) groups excluding carboxylic acids is 4. The third-order valence-corrected chi connectivity index (χ3v) is 10.4. The number of benzene rings is 3. The van der Waals surface area contributed by atoms with Crippen LogP contribution >= 0.6 is 0 Å². The Morgan fingerprint density at radius 3 is 1.64 bits per heavy atom. The summed E-state index contributed by atoms with van der Waals surface area (Å²) in [5.74, 6) is -0.527. The van der Waals surface area contributed by atoms with Crippen LogP contribution in [0.4, 0.5) is 4.39 Å². The molecule has 2 aromatic heterocycles. The molecular weight excluding hydrogens is 784 g/mol. The number of hydrogen-bond acceptors (Lipinski definition) is 9. The largest absolute Gasteiger partial charge is 0.491 e. The maximum absolute atomic E-state index is 13.8. The van der Waals surface area contributed by atoms with Crippen LogP contribution in [0.1, 0.15) is 58.5 Å². The summed E-state index contributed by atoms with van der Waals surface area (Å²) in [7, 11) is 1.62. The molecule has 2 fully saturated rings. The van der Waals surface area contributed by atoms with Gasteiger partial charge >= 0.3 is 0 Å². The van der Waals surface area contributed by atoms with E-state index in [9.17, 15) is 23.6 Å². The molecule has 16 heteroatoms. The SMILES string of the molecule is C=CC(=O)N1CCC[C@@H](n2cc(C(N)=O)c(-c3ccc(OCCOC)cc3)n2)C1.C=CC(=O)N1CCC[C@@H](n2cc(C(N)=O)c(-c3ccc(Oc4ccccc4F)cc3)n2)C1. The van der Waals surface area contributed by atoms with Gasteiger partial charge < -0.3 is 35.5 Å². The molecule has 2 aliphatic heterocycles. The van der Waals surface area contributed by atoms with Gasteiger partial charge in [0.2, 0.25) is 11.8 Å². The molecule has 15 nitrogen and oxygen atoms in total. The van der Waals surface area contributed by atoms with E-state index in [1.807, 2.05) is 24.3 Å². The second-order valence-corrected chi connectivity index (χ2v) is 14.5. The van der Waals surface area contributed by atoms with E-state index in [1.54, 1.807) is 81.1 Å². The Morgan fingerprint density at radius 1 is 0.721 bits per heavy atom. The van der Waals surface area contributed by atoms with Crippen molar-refractivity contribution in [1.29, 1.82) is 0 Å². The van der Waals surface area contributed by atoms with Gasteiger partial charge in [0.25, 0.3) is 11.8 Å². The Morgan fingerprint density at radius 2 is 1.20 bits per heavy atom. The Labute approximate surface area is 353 Å². The summed E-state index contributed by atoms with van der Waals surface area (Å²) in [4.78, 5) is 51.5. The van der Waals surface area contributed by atoms with Crippen LogP contribution in [0.5, 0.6) is 17.2 Å². The molecule has 3 aromatic carbocycles. The molecule has 0 bridgehead atoms. The van der Waals surface area contributed by atoms with Crippen molar-refractivity contribution in [2.75, 3.05) is 46.5 Å². The van der Waals surface area contributed by atoms with E-state index < -0.39 is 17.6 Å². The Kier molecular flexibility index (Phi) is 14.5. The van der Waals surface area contributed by atoms with Crippen molar-refractivity contribution in [2.45, 2.75) is 37.8 Å². The lowest BCUT2D eigenvalue weighted by molar-refractivity contribution is -0.128. The van der Waals surface area contributed by atoms with Crippen molar-refractivity contribution in [3.05, 3.63) is 127 Å². The molecule has 0 saturated carbocycles. The van der Waals surface area contributed by atoms with E-state index in [2.05, 4.69) is 23.4 Å². The molecule has 0 aliphatic carbocycles. The van der Waals surface area contributed by atoms with Crippen molar-refractivity contribution in [2.24, 2.45) is 11.5 Å². The van der Waals surface area contributed by atoms with Crippen LogP contribution in [0.2, 0.25) is 0 Å². The zero-order valence-corrected chi connectivity index (χ0v) is 34.0. The zero-order valence-electron chi connectivity index (χ0n) is 34.0. The number of aromatic nitrogens is 4. The highest BCUT2D eigenvalue weighted by Crippen LogP contribution is 2.31. The van der Waals surface area contributed by atoms with Crippen molar-refractivity contribution in [3.8, 4) is 39.8 Å². The summed E-state index contributed by atoms with van der Waals surface area (Å²) >= 11 is 0. The van der Waals surface area contributed by atoms with Gasteiger partial charge in [0.05, 0.1) is 29.8 Å². The predicted molar refractivity (Wildman–Crippen MR) is 226 cm³/mol. The van der Waals surface area contributed by atoms with Crippen LogP contribution in [-0.2, 0) is 14.3 Å². The summed E-state index contributed by atoms with van der Waals surface area (Å²) in [5, 5.41) is 9.27. The minimum Gasteiger partial charge on any atom is -0.491 e. The van der Waals surface area contributed by atoms with Gasteiger partial charge in [-0.15, -0.1) is 0 Å². The molecule has 4 N–H and O–H groups in total. The Hall–Kier alpha value is -7.07. The zero-order chi connectivity index (χ0) is 43.5. The highest BCUT2D eigenvalue weighted by molar-refractivity contribution is 5.99. The number of rotatable bonds is 14. The van der Waals surface area contributed by atoms with Crippen molar-refractivity contribution in [1.82, 2.24) is 29.4 Å². The van der Waals surface area contributed by atoms with Gasteiger partial charge in [-0.25, -0.2) is 4.39 Å². The molecule has 4 amide bonds. The summed E-state index contributed by atoms with van der Waals surface area (Å²) in [5.41, 5.74) is 14.3. The van der Waals surface area contributed by atoms with Crippen LogP contribution in [0.15, 0.2) is 111 Å². The highest BCUT2D eigenvalue weighted by Gasteiger charge is 2.28. The fourth-order valence-electron chi connectivity index (χ4n) is 7.23. The minimum absolute atomic E-state index is 0.0175. The van der Waals surface area contributed by atoms with E-state index in [0.29, 0.717) is 79.0 Å². The molecule has 4 heterocycles. The Bertz CT molecular complexity index is 2360. The van der Waals surface area contributed by atoms with Crippen molar-refractivity contribution >= 4 is 23.6 Å². The topological polar surface area (TPSA) is 190 Å². The van der Waals surface area contributed by atoms with E-state index in [-0.39, 0.29) is 29.6 Å². The van der Waals surface area contributed by atoms with E-state index >= 15 is 0 Å². The normalized spacial score (nSPS) is 16.2. The maximum atomic E-state index is 13.8. The van der Waals surface area contributed by atoms with Crippen LogP contribution in [0.3, 0.4) is 0 Å². The van der Waals surface area contributed by atoms with E-state index in [4.69, 9.17) is 25.7 Å². The molecule has 0 radical (unpaired) electrons. The Balaban J connectivity index is 0.000000205. The second kappa shape index (κ2) is 20.3. The number of piperidine rings is 2.